The summed E-state index contributed by atoms with van der Waals surface area (Å²) < 4.78 is 0. The van der Waals surface area contributed by atoms with Crippen LogP contribution in [0.4, 0.5) is 0 Å². The van der Waals surface area contributed by atoms with E-state index in [9.17, 15) is 4.79 Å². The van der Waals surface area contributed by atoms with E-state index >= 15 is 0 Å². The molecule has 0 bridgehead atoms. The second kappa shape index (κ2) is 6.21. The molecule has 1 rings (SSSR count). The smallest absolute Gasteiger partial charge is 0.224 e. The maximum atomic E-state index is 11.2. The highest BCUT2D eigenvalue weighted by Crippen LogP contribution is 2.14. The number of halogens is 1. The molecular formula is C14H21ClN2O. The lowest BCUT2D eigenvalue weighted by molar-refractivity contribution is -0.125. The van der Waals surface area contributed by atoms with Gasteiger partial charge in [-0.3, -0.25) is 4.79 Å². The van der Waals surface area contributed by atoms with Crippen molar-refractivity contribution in [2.24, 2.45) is 11.1 Å². The number of benzene rings is 1. The zero-order chi connectivity index (χ0) is 13.8. The summed E-state index contributed by atoms with van der Waals surface area (Å²) in [6.07, 6.45) is 0.895. The number of nitrogens with one attached hydrogen (secondary N) is 1. The highest BCUT2D eigenvalue weighted by atomic mass is 35.5. The number of hydrogen-bond acceptors (Lipinski definition) is 2. The Hall–Kier alpha value is -1.06. The summed E-state index contributed by atoms with van der Waals surface area (Å²) in [5.41, 5.74) is 6.03. The van der Waals surface area contributed by atoms with Gasteiger partial charge in [-0.2, -0.15) is 0 Å². The van der Waals surface area contributed by atoms with Crippen molar-refractivity contribution in [3.63, 3.8) is 0 Å². The van der Waals surface area contributed by atoms with Crippen molar-refractivity contribution in [1.82, 2.24) is 5.32 Å². The minimum Gasteiger partial charge on any atom is -0.369 e. The lowest BCUT2D eigenvalue weighted by Gasteiger charge is -2.24. The molecule has 0 aliphatic carbocycles. The Morgan fingerprint density at radius 2 is 1.94 bits per heavy atom. The first-order valence-electron chi connectivity index (χ1n) is 6.09. The lowest BCUT2D eigenvalue weighted by Crippen LogP contribution is -2.43. The molecular weight excluding hydrogens is 248 g/mol. The van der Waals surface area contributed by atoms with Gasteiger partial charge in [-0.25, -0.2) is 0 Å². The summed E-state index contributed by atoms with van der Waals surface area (Å²) in [6.45, 7) is 6.36. The van der Waals surface area contributed by atoms with Gasteiger partial charge >= 0.3 is 0 Å². The fraction of sp³-hybridized carbons (Fsp3) is 0.500. The van der Waals surface area contributed by atoms with Gasteiger partial charge in [-0.15, -0.1) is 0 Å². The van der Waals surface area contributed by atoms with Gasteiger partial charge in [-0.05, 0) is 44.9 Å². The summed E-state index contributed by atoms with van der Waals surface area (Å²) in [5, 5.41) is 4.08. The molecule has 0 fully saturated rings. The predicted octanol–water partition coefficient (Wildman–Crippen LogP) is 2.37. The van der Waals surface area contributed by atoms with Crippen LogP contribution in [-0.4, -0.2) is 18.5 Å². The van der Waals surface area contributed by atoms with Crippen LogP contribution in [0.2, 0.25) is 5.02 Å². The van der Waals surface area contributed by atoms with E-state index in [0.717, 1.165) is 11.4 Å². The number of primary amides is 1. The van der Waals surface area contributed by atoms with Crippen LogP contribution in [-0.2, 0) is 11.2 Å². The first-order valence-corrected chi connectivity index (χ1v) is 6.47. The molecule has 0 aliphatic rings. The summed E-state index contributed by atoms with van der Waals surface area (Å²) in [6, 6.07) is 8.08. The molecule has 1 aromatic carbocycles. The second-order valence-corrected chi connectivity index (χ2v) is 5.80. The number of carbonyl (C=O) groups excluding carboxylic acids is 1. The topological polar surface area (TPSA) is 55.1 Å². The summed E-state index contributed by atoms with van der Waals surface area (Å²) >= 11 is 5.84. The number of nitrogens with two attached hydrogens (primary N) is 1. The van der Waals surface area contributed by atoms with Gasteiger partial charge in [0.2, 0.25) is 5.91 Å². The van der Waals surface area contributed by atoms with Gasteiger partial charge in [0.25, 0.3) is 0 Å². The molecule has 3 nitrogen and oxygen atoms in total. The van der Waals surface area contributed by atoms with Crippen molar-refractivity contribution < 1.29 is 4.79 Å². The third kappa shape index (κ3) is 4.67. The van der Waals surface area contributed by atoms with Gasteiger partial charge in [0.05, 0.1) is 5.41 Å². The Kier molecular flexibility index (Phi) is 5.17. The fourth-order valence-electron chi connectivity index (χ4n) is 1.56. The second-order valence-electron chi connectivity index (χ2n) is 5.36. The van der Waals surface area contributed by atoms with Gasteiger partial charge < -0.3 is 11.1 Å². The molecule has 0 heterocycles. The van der Waals surface area contributed by atoms with E-state index in [-0.39, 0.29) is 11.9 Å². The molecule has 0 saturated carbocycles. The van der Waals surface area contributed by atoms with Crippen LogP contribution < -0.4 is 11.1 Å². The zero-order valence-electron chi connectivity index (χ0n) is 11.2. The van der Waals surface area contributed by atoms with Crippen LogP contribution in [0.3, 0.4) is 0 Å². The highest BCUT2D eigenvalue weighted by molar-refractivity contribution is 6.30. The Balaban J connectivity index is 2.45. The quantitative estimate of drug-likeness (QED) is 0.832. The van der Waals surface area contributed by atoms with Crippen molar-refractivity contribution in [1.29, 1.82) is 0 Å². The van der Waals surface area contributed by atoms with Gasteiger partial charge in [0.1, 0.15) is 0 Å². The average Bonchev–Trinajstić information content (AvgIpc) is 2.29. The van der Waals surface area contributed by atoms with Crippen molar-refractivity contribution in [2.75, 3.05) is 6.54 Å². The number of carbonyl (C=O) groups is 1. The van der Waals surface area contributed by atoms with E-state index in [4.69, 9.17) is 17.3 Å². The van der Waals surface area contributed by atoms with Gasteiger partial charge in [0.15, 0.2) is 0 Å². The van der Waals surface area contributed by atoms with Crippen LogP contribution in [0.25, 0.3) is 0 Å². The largest absolute Gasteiger partial charge is 0.369 e. The fourth-order valence-corrected chi connectivity index (χ4v) is 1.69. The average molecular weight is 269 g/mol. The molecule has 0 aromatic heterocycles. The molecule has 100 valence electrons. The van der Waals surface area contributed by atoms with Gasteiger partial charge in [0, 0.05) is 17.6 Å². The SMILES string of the molecule is CC(Cc1ccc(Cl)cc1)NCC(C)(C)C(N)=O. The van der Waals surface area contributed by atoms with Crippen LogP contribution in [0.15, 0.2) is 24.3 Å². The first kappa shape index (κ1) is 15.0. The van der Waals surface area contributed by atoms with Crippen molar-refractivity contribution in [2.45, 2.75) is 33.2 Å². The molecule has 0 spiro atoms. The minimum absolute atomic E-state index is 0.282. The Labute approximate surface area is 114 Å². The van der Waals surface area contributed by atoms with Crippen LogP contribution in [0, 0.1) is 5.41 Å². The summed E-state index contributed by atoms with van der Waals surface area (Å²) in [4.78, 5) is 11.2. The van der Waals surface area contributed by atoms with Crippen LogP contribution in [0.1, 0.15) is 26.3 Å². The Bertz CT molecular complexity index is 401. The lowest BCUT2D eigenvalue weighted by atomic mass is 9.92. The Morgan fingerprint density at radius 1 is 1.39 bits per heavy atom. The summed E-state index contributed by atoms with van der Waals surface area (Å²) in [7, 11) is 0. The number of rotatable bonds is 6. The normalized spacial score (nSPS) is 13.3. The molecule has 1 unspecified atom stereocenters. The number of hydrogen-bond donors (Lipinski definition) is 2. The molecule has 0 aliphatic heterocycles. The maximum Gasteiger partial charge on any atom is 0.224 e. The molecule has 1 aromatic rings. The first-order chi connectivity index (χ1) is 8.31. The van der Waals surface area contributed by atoms with E-state index in [0.29, 0.717) is 6.54 Å². The molecule has 3 N–H and O–H groups in total. The van der Waals surface area contributed by atoms with Crippen LogP contribution >= 0.6 is 11.6 Å². The van der Waals surface area contributed by atoms with E-state index in [1.165, 1.54) is 5.56 Å². The molecule has 0 radical (unpaired) electrons. The molecule has 0 saturated heterocycles. The number of amides is 1. The Morgan fingerprint density at radius 3 is 2.44 bits per heavy atom. The highest BCUT2D eigenvalue weighted by Gasteiger charge is 2.24. The van der Waals surface area contributed by atoms with E-state index in [1.54, 1.807) is 0 Å². The molecule has 1 amide bonds. The van der Waals surface area contributed by atoms with Crippen molar-refractivity contribution >= 4 is 17.5 Å². The zero-order valence-corrected chi connectivity index (χ0v) is 11.9. The summed E-state index contributed by atoms with van der Waals surface area (Å²) in [5.74, 6) is -0.284. The third-order valence-corrected chi connectivity index (χ3v) is 3.27. The van der Waals surface area contributed by atoms with E-state index < -0.39 is 5.41 Å². The molecule has 18 heavy (non-hydrogen) atoms. The minimum atomic E-state index is -0.520. The third-order valence-electron chi connectivity index (χ3n) is 3.01. The van der Waals surface area contributed by atoms with Crippen molar-refractivity contribution in [3.8, 4) is 0 Å². The maximum absolute atomic E-state index is 11.2. The standard InChI is InChI=1S/C14H21ClN2O/c1-10(17-9-14(2,3)13(16)18)8-11-4-6-12(15)7-5-11/h4-7,10,17H,8-9H2,1-3H3,(H2,16,18). The van der Waals surface area contributed by atoms with E-state index in [1.807, 2.05) is 38.1 Å². The molecule has 4 heteroatoms. The monoisotopic (exact) mass is 268 g/mol. The predicted molar refractivity (Wildman–Crippen MR) is 75.6 cm³/mol. The van der Waals surface area contributed by atoms with Gasteiger partial charge in [-0.1, -0.05) is 23.7 Å². The van der Waals surface area contributed by atoms with Crippen molar-refractivity contribution in [3.05, 3.63) is 34.9 Å². The van der Waals surface area contributed by atoms with E-state index in [2.05, 4.69) is 12.2 Å². The van der Waals surface area contributed by atoms with Crippen LogP contribution in [0.5, 0.6) is 0 Å². The molecule has 1 atom stereocenters.